The van der Waals surface area contributed by atoms with Crippen LogP contribution in [0.5, 0.6) is 0 Å². The highest BCUT2D eigenvalue weighted by Gasteiger charge is 2.26. The molecule has 6 nitrogen and oxygen atoms in total. The number of nitrogens with zero attached hydrogens (tertiary/aromatic N) is 2. The zero-order valence-corrected chi connectivity index (χ0v) is 13.8. The molecule has 0 saturated carbocycles. The maximum absolute atomic E-state index is 12.0. The third-order valence-electron chi connectivity index (χ3n) is 4.67. The monoisotopic (exact) mass is 318 g/mol. The molecule has 1 aliphatic carbocycles. The van der Waals surface area contributed by atoms with Gasteiger partial charge in [0.05, 0.1) is 18.2 Å². The Hall–Kier alpha value is -1.82. The van der Waals surface area contributed by atoms with Gasteiger partial charge in [0.1, 0.15) is 6.10 Å². The lowest BCUT2D eigenvalue weighted by Gasteiger charge is -2.30. The van der Waals surface area contributed by atoms with Crippen molar-refractivity contribution < 1.29 is 9.53 Å². The number of amides is 2. The summed E-state index contributed by atoms with van der Waals surface area (Å²) in [7, 11) is 1.97. The first-order valence-electron chi connectivity index (χ1n) is 8.52. The minimum atomic E-state index is -0.0701. The van der Waals surface area contributed by atoms with Gasteiger partial charge >= 0.3 is 6.03 Å². The van der Waals surface area contributed by atoms with Crippen LogP contribution < -0.4 is 10.6 Å². The SMILES string of the molecule is Cn1cncc1C1CC(NC(=O)NCCC2=CCCC2)CCO1. The Bertz CT molecular complexity index is 567. The fourth-order valence-electron chi connectivity index (χ4n) is 3.35. The van der Waals surface area contributed by atoms with Gasteiger partial charge in [0.2, 0.25) is 0 Å². The summed E-state index contributed by atoms with van der Waals surface area (Å²) in [5, 5.41) is 6.05. The fourth-order valence-corrected chi connectivity index (χ4v) is 3.35. The number of rotatable bonds is 5. The standard InChI is InChI=1S/C17H26N4O2/c1-21-12-18-11-15(21)16-10-14(7-9-23-16)20-17(22)19-8-6-13-4-2-3-5-13/h4,11-12,14,16H,2-3,5-10H2,1H3,(H2,19,20,22). The lowest BCUT2D eigenvalue weighted by molar-refractivity contribution is -0.00176. The number of aromatic nitrogens is 2. The molecule has 0 spiro atoms. The molecule has 2 atom stereocenters. The number of hydrogen-bond donors (Lipinski definition) is 2. The van der Waals surface area contributed by atoms with Gasteiger partial charge < -0.3 is 19.9 Å². The molecule has 2 amide bonds. The van der Waals surface area contributed by atoms with E-state index in [2.05, 4.69) is 21.7 Å². The highest BCUT2D eigenvalue weighted by Crippen LogP contribution is 2.27. The third-order valence-corrected chi connectivity index (χ3v) is 4.67. The van der Waals surface area contributed by atoms with Crippen molar-refractivity contribution in [3.63, 3.8) is 0 Å². The molecule has 1 aromatic heterocycles. The van der Waals surface area contributed by atoms with Crippen molar-refractivity contribution in [2.75, 3.05) is 13.2 Å². The van der Waals surface area contributed by atoms with E-state index in [1.807, 2.05) is 17.8 Å². The van der Waals surface area contributed by atoms with Crippen LogP contribution in [0.15, 0.2) is 24.2 Å². The molecule has 1 saturated heterocycles. The van der Waals surface area contributed by atoms with Crippen LogP contribution in [0.2, 0.25) is 0 Å². The number of ether oxygens (including phenoxy) is 1. The third kappa shape index (κ3) is 4.34. The molecule has 2 N–H and O–H groups in total. The van der Waals surface area contributed by atoms with Crippen molar-refractivity contribution in [2.24, 2.45) is 7.05 Å². The molecule has 126 valence electrons. The zero-order valence-electron chi connectivity index (χ0n) is 13.8. The van der Waals surface area contributed by atoms with Crippen molar-refractivity contribution >= 4 is 6.03 Å². The molecule has 0 aromatic carbocycles. The summed E-state index contributed by atoms with van der Waals surface area (Å²) in [6.07, 6.45) is 12.2. The van der Waals surface area contributed by atoms with E-state index in [4.69, 9.17) is 4.74 Å². The molecular weight excluding hydrogens is 292 g/mol. The molecule has 0 radical (unpaired) electrons. The average molecular weight is 318 g/mol. The number of urea groups is 1. The van der Waals surface area contributed by atoms with Gasteiger partial charge in [-0.1, -0.05) is 11.6 Å². The molecule has 1 aromatic rings. The van der Waals surface area contributed by atoms with E-state index < -0.39 is 0 Å². The number of allylic oxidation sites excluding steroid dienone is 1. The van der Waals surface area contributed by atoms with E-state index in [9.17, 15) is 4.79 Å². The maximum atomic E-state index is 12.0. The van der Waals surface area contributed by atoms with Gasteiger partial charge in [0, 0.05) is 26.2 Å². The van der Waals surface area contributed by atoms with Crippen LogP contribution in [0.1, 0.15) is 50.3 Å². The van der Waals surface area contributed by atoms with Crippen molar-refractivity contribution in [3.05, 3.63) is 29.9 Å². The second-order valence-corrected chi connectivity index (χ2v) is 6.41. The van der Waals surface area contributed by atoms with Gasteiger partial charge in [-0.25, -0.2) is 9.78 Å². The predicted molar refractivity (Wildman–Crippen MR) is 88.0 cm³/mol. The van der Waals surface area contributed by atoms with Crippen LogP contribution in [0.4, 0.5) is 4.79 Å². The van der Waals surface area contributed by atoms with Gasteiger partial charge in [0.15, 0.2) is 0 Å². The van der Waals surface area contributed by atoms with E-state index in [-0.39, 0.29) is 18.2 Å². The minimum Gasteiger partial charge on any atom is -0.372 e. The first-order chi connectivity index (χ1) is 11.2. The molecule has 1 aliphatic heterocycles. The number of hydrogen-bond acceptors (Lipinski definition) is 3. The largest absolute Gasteiger partial charge is 0.372 e. The fraction of sp³-hybridized carbons (Fsp3) is 0.647. The van der Waals surface area contributed by atoms with E-state index in [1.54, 1.807) is 6.33 Å². The molecule has 23 heavy (non-hydrogen) atoms. The van der Waals surface area contributed by atoms with Crippen LogP contribution in [-0.2, 0) is 11.8 Å². The highest BCUT2D eigenvalue weighted by molar-refractivity contribution is 5.74. The Balaban J connectivity index is 1.42. The first-order valence-corrected chi connectivity index (χ1v) is 8.52. The summed E-state index contributed by atoms with van der Waals surface area (Å²) in [5.41, 5.74) is 2.54. The maximum Gasteiger partial charge on any atom is 0.315 e. The number of nitrogens with one attached hydrogen (secondary N) is 2. The topological polar surface area (TPSA) is 68.2 Å². The van der Waals surface area contributed by atoms with Gasteiger partial charge in [-0.2, -0.15) is 0 Å². The Morgan fingerprint density at radius 1 is 1.52 bits per heavy atom. The molecule has 0 bridgehead atoms. The second kappa shape index (κ2) is 7.64. The Morgan fingerprint density at radius 3 is 3.17 bits per heavy atom. The Kier molecular flexibility index (Phi) is 5.33. The smallest absolute Gasteiger partial charge is 0.315 e. The molecule has 1 fully saturated rings. The number of imidazole rings is 1. The molecule has 6 heteroatoms. The van der Waals surface area contributed by atoms with E-state index in [1.165, 1.54) is 24.8 Å². The lowest BCUT2D eigenvalue weighted by Crippen LogP contribution is -2.45. The molecule has 2 heterocycles. The summed E-state index contributed by atoms with van der Waals surface area (Å²) in [6.45, 7) is 1.37. The van der Waals surface area contributed by atoms with Crippen molar-refractivity contribution in [2.45, 2.75) is 50.7 Å². The molecule has 3 rings (SSSR count). The average Bonchev–Trinajstić information content (AvgIpc) is 3.19. The van der Waals surface area contributed by atoms with Crippen molar-refractivity contribution in [3.8, 4) is 0 Å². The summed E-state index contributed by atoms with van der Waals surface area (Å²) in [6, 6.07) is 0.0774. The van der Waals surface area contributed by atoms with Crippen LogP contribution in [0.3, 0.4) is 0 Å². The van der Waals surface area contributed by atoms with E-state index in [0.717, 1.165) is 25.0 Å². The number of carbonyl (C=O) groups is 1. The van der Waals surface area contributed by atoms with Crippen LogP contribution in [0.25, 0.3) is 0 Å². The van der Waals surface area contributed by atoms with Gasteiger partial charge in [-0.05, 0) is 38.5 Å². The first kappa shape index (κ1) is 16.1. The van der Waals surface area contributed by atoms with E-state index in [0.29, 0.717) is 13.2 Å². The van der Waals surface area contributed by atoms with Gasteiger partial charge in [-0.15, -0.1) is 0 Å². The van der Waals surface area contributed by atoms with Crippen LogP contribution >= 0.6 is 0 Å². The zero-order chi connectivity index (χ0) is 16.1. The Labute approximate surface area is 137 Å². The van der Waals surface area contributed by atoms with Crippen LogP contribution in [-0.4, -0.2) is 34.8 Å². The molecule has 2 unspecified atom stereocenters. The quantitative estimate of drug-likeness (QED) is 0.819. The number of carbonyl (C=O) groups excluding carboxylic acids is 1. The van der Waals surface area contributed by atoms with Crippen LogP contribution in [0, 0.1) is 0 Å². The van der Waals surface area contributed by atoms with Gasteiger partial charge in [-0.3, -0.25) is 0 Å². The number of aryl methyl sites for hydroxylation is 1. The summed E-state index contributed by atoms with van der Waals surface area (Å²) >= 11 is 0. The minimum absolute atomic E-state index is 0.00481. The molecule has 2 aliphatic rings. The van der Waals surface area contributed by atoms with Gasteiger partial charge in [0.25, 0.3) is 0 Å². The summed E-state index contributed by atoms with van der Waals surface area (Å²) < 4.78 is 7.80. The highest BCUT2D eigenvalue weighted by atomic mass is 16.5. The van der Waals surface area contributed by atoms with E-state index >= 15 is 0 Å². The lowest BCUT2D eigenvalue weighted by atomic mass is 10.0. The second-order valence-electron chi connectivity index (χ2n) is 6.41. The normalized spacial score (nSPS) is 24.3. The molecular formula is C17H26N4O2. The predicted octanol–water partition coefficient (Wildman–Crippen LogP) is 2.44. The summed E-state index contributed by atoms with van der Waals surface area (Å²) in [4.78, 5) is 16.2. The Morgan fingerprint density at radius 2 is 2.43 bits per heavy atom. The van der Waals surface area contributed by atoms with Crippen molar-refractivity contribution in [1.29, 1.82) is 0 Å². The van der Waals surface area contributed by atoms with Crippen molar-refractivity contribution in [1.82, 2.24) is 20.2 Å². The summed E-state index contributed by atoms with van der Waals surface area (Å²) in [5.74, 6) is 0.